The van der Waals surface area contributed by atoms with Crippen LogP contribution in [0.3, 0.4) is 0 Å². The van der Waals surface area contributed by atoms with Crippen LogP contribution in [-0.4, -0.2) is 61.9 Å². The van der Waals surface area contributed by atoms with Crippen molar-refractivity contribution in [3.05, 3.63) is 68.1 Å². The number of hydrogen-bond acceptors (Lipinski definition) is 5. The molecular formula is C30H42ClN3O4. The third-order valence-electron chi connectivity index (χ3n) is 7.86. The summed E-state index contributed by atoms with van der Waals surface area (Å²) in [6, 6.07) is 8.32. The van der Waals surface area contributed by atoms with E-state index in [1.165, 1.54) is 5.56 Å². The third kappa shape index (κ3) is 7.26. The fraction of sp³-hybridized carbons (Fsp3) is 0.600. The van der Waals surface area contributed by atoms with Crippen LogP contribution in [0.15, 0.2) is 35.3 Å². The molecule has 4 rings (SSSR count). The summed E-state index contributed by atoms with van der Waals surface area (Å²) in [7, 11) is 5.19. The molecule has 38 heavy (non-hydrogen) atoms. The molecule has 1 amide bonds. The van der Waals surface area contributed by atoms with Crippen LogP contribution >= 0.6 is 11.6 Å². The number of nitrogens with zero attached hydrogens (tertiary/aromatic N) is 2. The first-order valence-corrected chi connectivity index (χ1v) is 14.3. The Morgan fingerprint density at radius 1 is 1.08 bits per heavy atom. The average molecular weight is 544 g/mol. The topological polar surface area (TPSA) is 72.8 Å². The van der Waals surface area contributed by atoms with E-state index in [0.29, 0.717) is 26.3 Å². The molecule has 1 aromatic carbocycles. The molecule has 2 aromatic rings. The van der Waals surface area contributed by atoms with E-state index in [1.54, 1.807) is 38.1 Å². The van der Waals surface area contributed by atoms with Crippen molar-refractivity contribution in [2.75, 3.05) is 40.5 Å². The van der Waals surface area contributed by atoms with Gasteiger partial charge in [0.1, 0.15) is 0 Å². The summed E-state index contributed by atoms with van der Waals surface area (Å²) in [6.45, 7) is 3.37. The molecule has 7 nitrogen and oxygen atoms in total. The number of carbonyl (C=O) groups excluding carboxylic acids is 1. The Labute approximate surface area is 231 Å². The van der Waals surface area contributed by atoms with Crippen LogP contribution in [-0.2, 0) is 40.7 Å². The molecule has 1 aliphatic carbocycles. The Bertz CT molecular complexity index is 1150. The van der Waals surface area contributed by atoms with Crippen LogP contribution in [0.25, 0.3) is 0 Å². The van der Waals surface area contributed by atoms with Gasteiger partial charge in [-0.05, 0) is 85.7 Å². The van der Waals surface area contributed by atoms with Gasteiger partial charge in [-0.2, -0.15) is 0 Å². The van der Waals surface area contributed by atoms with Crippen molar-refractivity contribution >= 4 is 17.5 Å². The van der Waals surface area contributed by atoms with E-state index in [2.05, 4.69) is 22.3 Å². The van der Waals surface area contributed by atoms with Crippen molar-refractivity contribution in [3.8, 4) is 0 Å². The Morgan fingerprint density at radius 3 is 2.47 bits per heavy atom. The van der Waals surface area contributed by atoms with Gasteiger partial charge in [-0.25, -0.2) is 0 Å². The molecule has 0 radical (unpaired) electrons. The van der Waals surface area contributed by atoms with Gasteiger partial charge in [0.2, 0.25) is 5.91 Å². The second-order valence-electron chi connectivity index (χ2n) is 10.7. The Morgan fingerprint density at radius 2 is 1.79 bits per heavy atom. The summed E-state index contributed by atoms with van der Waals surface area (Å²) >= 11 is 6.98. The van der Waals surface area contributed by atoms with E-state index >= 15 is 0 Å². The minimum Gasteiger partial charge on any atom is -0.385 e. The molecule has 0 bridgehead atoms. The number of carbonyl (C=O) groups is 1. The van der Waals surface area contributed by atoms with Gasteiger partial charge in [0.15, 0.2) is 0 Å². The maximum Gasteiger partial charge on any atom is 0.250 e. The number of piperidine rings is 1. The van der Waals surface area contributed by atoms with Crippen molar-refractivity contribution in [1.29, 1.82) is 0 Å². The summed E-state index contributed by atoms with van der Waals surface area (Å²) in [5.74, 6) is -0.0205. The zero-order valence-electron chi connectivity index (χ0n) is 23.0. The predicted molar refractivity (Wildman–Crippen MR) is 151 cm³/mol. The van der Waals surface area contributed by atoms with Crippen molar-refractivity contribution in [2.24, 2.45) is 13.0 Å². The van der Waals surface area contributed by atoms with Crippen molar-refractivity contribution in [3.63, 3.8) is 0 Å². The van der Waals surface area contributed by atoms with Crippen molar-refractivity contribution < 1.29 is 14.3 Å². The lowest BCUT2D eigenvalue weighted by Gasteiger charge is -2.36. The standard InChI is InChI=1S/C30H42ClN3O4/c1-33-13-11-22(18-28(33)35)26-10-12-32-19-27(26)30(36)34(25-8-9-25)20-24-17-21(6-4-14-37-2)16-23(29(24)31)7-5-15-38-3/h11,13,16-18,25-27,32H,4-10,12,14-15,19-20H2,1-3H3/t26-,27?/m1/s1. The highest BCUT2D eigenvalue weighted by Crippen LogP contribution is 2.37. The first-order valence-electron chi connectivity index (χ1n) is 13.9. The Kier molecular flexibility index (Phi) is 10.4. The van der Waals surface area contributed by atoms with Gasteiger partial charge in [-0.15, -0.1) is 0 Å². The quantitative estimate of drug-likeness (QED) is 0.385. The number of benzene rings is 1. The van der Waals surface area contributed by atoms with Crippen LogP contribution < -0.4 is 10.9 Å². The SMILES string of the molecule is COCCCc1cc(CCCOC)c(Cl)c(CN(C(=O)C2CNCC[C@@H]2c2ccn(C)c(=O)c2)C2CC2)c1. The van der Waals surface area contributed by atoms with E-state index in [-0.39, 0.29) is 29.3 Å². The molecule has 2 atom stereocenters. The monoisotopic (exact) mass is 543 g/mol. The highest BCUT2D eigenvalue weighted by atomic mass is 35.5. The zero-order chi connectivity index (χ0) is 27.1. The number of aryl methyl sites for hydroxylation is 3. The number of nitrogens with one attached hydrogen (secondary N) is 1. The number of pyridine rings is 1. The zero-order valence-corrected chi connectivity index (χ0v) is 23.8. The smallest absolute Gasteiger partial charge is 0.250 e. The lowest BCUT2D eigenvalue weighted by molar-refractivity contribution is -0.138. The first-order chi connectivity index (χ1) is 18.4. The largest absolute Gasteiger partial charge is 0.385 e. The minimum atomic E-state index is -0.207. The number of methoxy groups -OCH3 is 2. The Hall–Kier alpha value is -2.19. The summed E-state index contributed by atoms with van der Waals surface area (Å²) < 4.78 is 12.1. The van der Waals surface area contributed by atoms with E-state index in [0.717, 1.165) is 73.2 Å². The highest BCUT2D eigenvalue weighted by Gasteiger charge is 2.40. The molecule has 2 fully saturated rings. The summed E-state index contributed by atoms with van der Waals surface area (Å²) in [6.07, 6.45) is 8.27. The van der Waals surface area contributed by atoms with Crippen LogP contribution in [0.4, 0.5) is 0 Å². The van der Waals surface area contributed by atoms with Crippen LogP contribution in [0.2, 0.25) is 5.02 Å². The third-order valence-corrected chi connectivity index (χ3v) is 8.34. The molecule has 1 aliphatic heterocycles. The summed E-state index contributed by atoms with van der Waals surface area (Å²) in [5, 5.41) is 4.19. The Balaban J connectivity index is 1.59. The van der Waals surface area contributed by atoms with E-state index in [9.17, 15) is 9.59 Å². The van der Waals surface area contributed by atoms with Gasteiger partial charge >= 0.3 is 0 Å². The molecule has 2 heterocycles. The van der Waals surface area contributed by atoms with Crippen LogP contribution in [0.5, 0.6) is 0 Å². The van der Waals surface area contributed by atoms with Gasteiger partial charge in [0.25, 0.3) is 5.56 Å². The molecule has 2 aliphatic rings. The first kappa shape index (κ1) is 28.8. The molecule has 1 aromatic heterocycles. The number of ether oxygens (including phenoxy) is 2. The number of amides is 1. The normalized spacial score (nSPS) is 19.5. The fourth-order valence-electron chi connectivity index (χ4n) is 5.57. The molecular weight excluding hydrogens is 502 g/mol. The molecule has 1 saturated heterocycles. The second-order valence-corrected chi connectivity index (χ2v) is 11.1. The molecule has 1 unspecified atom stereocenters. The average Bonchev–Trinajstić information content (AvgIpc) is 3.76. The predicted octanol–water partition coefficient (Wildman–Crippen LogP) is 4.08. The molecule has 1 saturated carbocycles. The van der Waals surface area contributed by atoms with Gasteiger partial charge in [0, 0.05) is 70.9 Å². The van der Waals surface area contributed by atoms with Crippen LogP contribution in [0.1, 0.15) is 60.3 Å². The van der Waals surface area contributed by atoms with Gasteiger partial charge in [0.05, 0.1) is 5.92 Å². The van der Waals surface area contributed by atoms with Crippen molar-refractivity contribution in [2.45, 2.75) is 63.5 Å². The molecule has 0 spiro atoms. The van der Waals surface area contributed by atoms with E-state index in [1.807, 2.05) is 6.07 Å². The fourth-order valence-corrected chi connectivity index (χ4v) is 5.84. The lowest BCUT2D eigenvalue weighted by atomic mass is 9.80. The lowest BCUT2D eigenvalue weighted by Crippen LogP contribution is -2.47. The van der Waals surface area contributed by atoms with Crippen LogP contribution in [0, 0.1) is 5.92 Å². The molecule has 8 heteroatoms. The summed E-state index contributed by atoms with van der Waals surface area (Å²) in [5.41, 5.74) is 4.29. The molecule has 1 N–H and O–H groups in total. The number of halogens is 1. The van der Waals surface area contributed by atoms with Crippen molar-refractivity contribution in [1.82, 2.24) is 14.8 Å². The van der Waals surface area contributed by atoms with E-state index < -0.39 is 0 Å². The molecule has 208 valence electrons. The van der Waals surface area contributed by atoms with Gasteiger partial charge in [-0.3, -0.25) is 9.59 Å². The summed E-state index contributed by atoms with van der Waals surface area (Å²) in [4.78, 5) is 28.6. The maximum atomic E-state index is 14.1. The second kappa shape index (κ2) is 13.7. The highest BCUT2D eigenvalue weighted by molar-refractivity contribution is 6.32. The van der Waals surface area contributed by atoms with Gasteiger partial charge < -0.3 is 24.3 Å². The number of rotatable bonds is 13. The number of hydrogen-bond donors (Lipinski definition) is 1. The number of aromatic nitrogens is 1. The van der Waals surface area contributed by atoms with Gasteiger partial charge in [-0.1, -0.05) is 23.7 Å². The minimum absolute atomic E-state index is 0.0272. The maximum absolute atomic E-state index is 14.1. The van der Waals surface area contributed by atoms with E-state index in [4.69, 9.17) is 21.1 Å².